The van der Waals surface area contributed by atoms with Gasteiger partial charge in [0, 0.05) is 25.7 Å². The van der Waals surface area contributed by atoms with Crippen LogP contribution in [0.1, 0.15) is 17.5 Å². The van der Waals surface area contributed by atoms with Gasteiger partial charge >= 0.3 is 0 Å². The molecular formula is C20H23N5O2S. The number of hydrogen-bond donors (Lipinski definition) is 1. The van der Waals surface area contributed by atoms with Crippen LogP contribution in [0.5, 0.6) is 0 Å². The molecule has 1 aliphatic rings. The molecule has 0 bridgehead atoms. The zero-order valence-electron chi connectivity index (χ0n) is 15.7. The molecule has 1 aromatic carbocycles. The van der Waals surface area contributed by atoms with E-state index in [0.717, 1.165) is 43.4 Å². The average Bonchev–Trinajstić information content (AvgIpc) is 3.39. The highest BCUT2D eigenvalue weighted by molar-refractivity contribution is 7.13. The largest absolute Gasteiger partial charge is 0.379 e. The maximum Gasteiger partial charge on any atom is 0.291 e. The summed E-state index contributed by atoms with van der Waals surface area (Å²) in [6, 6.07) is 13.7. The van der Waals surface area contributed by atoms with Gasteiger partial charge in [0.25, 0.3) is 5.91 Å². The summed E-state index contributed by atoms with van der Waals surface area (Å²) in [5.74, 6) is 0.599. The number of aromatic nitrogens is 3. The third-order valence-electron chi connectivity index (χ3n) is 4.57. The number of ether oxygens (including phenoxy) is 1. The van der Waals surface area contributed by atoms with Gasteiger partial charge < -0.3 is 10.1 Å². The Hall–Kier alpha value is -2.55. The van der Waals surface area contributed by atoms with Crippen LogP contribution in [-0.4, -0.2) is 64.5 Å². The minimum Gasteiger partial charge on any atom is -0.379 e. The van der Waals surface area contributed by atoms with E-state index >= 15 is 0 Å². The number of rotatable bonds is 6. The lowest BCUT2D eigenvalue weighted by atomic mass is 10.3. The van der Waals surface area contributed by atoms with Crippen LogP contribution in [-0.2, 0) is 4.74 Å². The summed E-state index contributed by atoms with van der Waals surface area (Å²) in [4.78, 5) is 20.6. The van der Waals surface area contributed by atoms with Gasteiger partial charge in [0.1, 0.15) is 0 Å². The number of hydrogen-bond acceptors (Lipinski definition) is 6. The van der Waals surface area contributed by atoms with Crippen molar-refractivity contribution in [2.75, 3.05) is 32.8 Å². The minimum atomic E-state index is -0.256. The van der Waals surface area contributed by atoms with E-state index in [1.807, 2.05) is 54.8 Å². The SMILES string of the molecule is CC(CN1CCOCC1)NC(=O)c1nc(-c2cccs2)n(-c2ccccc2)n1. The van der Waals surface area contributed by atoms with Crippen molar-refractivity contribution in [1.82, 2.24) is 25.0 Å². The highest BCUT2D eigenvalue weighted by Crippen LogP contribution is 2.25. The summed E-state index contributed by atoms with van der Waals surface area (Å²) >= 11 is 1.57. The maximum atomic E-state index is 12.8. The minimum absolute atomic E-state index is 0.000497. The summed E-state index contributed by atoms with van der Waals surface area (Å²) in [6.45, 7) is 6.06. The fraction of sp³-hybridized carbons (Fsp3) is 0.350. The fourth-order valence-electron chi connectivity index (χ4n) is 3.23. The number of carbonyl (C=O) groups excluding carboxylic acids is 1. The van der Waals surface area contributed by atoms with Gasteiger partial charge in [-0.2, -0.15) is 0 Å². The van der Waals surface area contributed by atoms with Crippen molar-refractivity contribution in [3.05, 3.63) is 53.7 Å². The zero-order valence-corrected chi connectivity index (χ0v) is 16.6. The van der Waals surface area contributed by atoms with Crippen molar-refractivity contribution in [2.45, 2.75) is 13.0 Å². The Morgan fingerprint density at radius 1 is 1.21 bits per heavy atom. The van der Waals surface area contributed by atoms with Crippen LogP contribution in [0.4, 0.5) is 0 Å². The summed E-state index contributed by atoms with van der Waals surface area (Å²) in [7, 11) is 0. The summed E-state index contributed by atoms with van der Waals surface area (Å²) in [5.41, 5.74) is 0.874. The second-order valence-electron chi connectivity index (χ2n) is 6.77. The number of morpholine rings is 1. The predicted octanol–water partition coefficient (Wildman–Crippen LogP) is 2.45. The molecule has 1 fully saturated rings. The van der Waals surface area contributed by atoms with Gasteiger partial charge in [0.15, 0.2) is 5.82 Å². The Bertz CT molecular complexity index is 904. The summed E-state index contributed by atoms with van der Waals surface area (Å²) in [5, 5.41) is 9.52. The second kappa shape index (κ2) is 8.64. The van der Waals surface area contributed by atoms with Gasteiger partial charge in [-0.05, 0) is 30.5 Å². The molecule has 0 radical (unpaired) electrons. The van der Waals surface area contributed by atoms with Crippen molar-refractivity contribution < 1.29 is 9.53 Å². The fourth-order valence-corrected chi connectivity index (χ4v) is 3.93. The van der Waals surface area contributed by atoms with E-state index in [1.165, 1.54) is 0 Å². The van der Waals surface area contributed by atoms with Gasteiger partial charge in [-0.1, -0.05) is 24.3 Å². The second-order valence-corrected chi connectivity index (χ2v) is 7.72. The average molecular weight is 398 g/mol. The molecule has 28 heavy (non-hydrogen) atoms. The number of carbonyl (C=O) groups is 1. The van der Waals surface area contributed by atoms with Crippen LogP contribution in [0.2, 0.25) is 0 Å². The standard InChI is InChI=1S/C20H23N5O2S/c1-15(14-24-9-11-27-12-10-24)21-20(26)18-22-19(17-8-5-13-28-17)25(23-18)16-6-3-2-4-7-16/h2-8,13,15H,9-12,14H2,1H3,(H,21,26). The number of nitrogens with one attached hydrogen (secondary N) is 1. The molecule has 0 aliphatic carbocycles. The third-order valence-corrected chi connectivity index (χ3v) is 5.43. The molecule has 1 aliphatic heterocycles. The topological polar surface area (TPSA) is 72.3 Å². The highest BCUT2D eigenvalue weighted by Gasteiger charge is 2.21. The Kier molecular flexibility index (Phi) is 5.80. The number of para-hydroxylation sites is 1. The monoisotopic (exact) mass is 397 g/mol. The number of nitrogens with zero attached hydrogens (tertiary/aromatic N) is 4. The highest BCUT2D eigenvalue weighted by atomic mass is 32.1. The molecule has 1 N–H and O–H groups in total. The molecule has 1 amide bonds. The van der Waals surface area contributed by atoms with Crippen LogP contribution in [0.25, 0.3) is 16.4 Å². The normalized spacial score (nSPS) is 16.0. The van der Waals surface area contributed by atoms with E-state index in [-0.39, 0.29) is 17.8 Å². The summed E-state index contributed by atoms with van der Waals surface area (Å²) < 4.78 is 7.10. The van der Waals surface area contributed by atoms with Crippen molar-refractivity contribution in [3.8, 4) is 16.4 Å². The van der Waals surface area contributed by atoms with E-state index in [9.17, 15) is 4.79 Å². The van der Waals surface area contributed by atoms with Gasteiger partial charge in [-0.3, -0.25) is 9.69 Å². The molecule has 3 aromatic rings. The van der Waals surface area contributed by atoms with Gasteiger partial charge in [-0.15, -0.1) is 16.4 Å². The Morgan fingerprint density at radius 2 is 2.00 bits per heavy atom. The van der Waals surface area contributed by atoms with Crippen molar-refractivity contribution in [3.63, 3.8) is 0 Å². The first kappa shape index (κ1) is 18.8. The first-order valence-electron chi connectivity index (χ1n) is 9.38. The van der Waals surface area contributed by atoms with Crippen LogP contribution >= 0.6 is 11.3 Å². The molecule has 0 spiro atoms. The van der Waals surface area contributed by atoms with Gasteiger partial charge in [0.05, 0.1) is 23.8 Å². The lowest BCUT2D eigenvalue weighted by Crippen LogP contribution is -2.46. The summed E-state index contributed by atoms with van der Waals surface area (Å²) in [6.07, 6.45) is 0. The molecule has 0 saturated carbocycles. The maximum absolute atomic E-state index is 12.8. The van der Waals surface area contributed by atoms with E-state index < -0.39 is 0 Å². The lowest BCUT2D eigenvalue weighted by molar-refractivity contribution is 0.0342. The van der Waals surface area contributed by atoms with E-state index in [1.54, 1.807) is 16.0 Å². The first-order chi connectivity index (χ1) is 13.7. The molecule has 7 nitrogen and oxygen atoms in total. The van der Waals surface area contributed by atoms with Crippen molar-refractivity contribution >= 4 is 17.2 Å². The number of benzene rings is 1. The smallest absolute Gasteiger partial charge is 0.291 e. The molecule has 1 saturated heterocycles. The molecular weight excluding hydrogens is 374 g/mol. The van der Waals surface area contributed by atoms with Crippen LogP contribution in [0.3, 0.4) is 0 Å². The molecule has 146 valence electrons. The molecule has 3 heterocycles. The Morgan fingerprint density at radius 3 is 2.71 bits per heavy atom. The third kappa shape index (κ3) is 4.30. The van der Waals surface area contributed by atoms with Crippen LogP contribution < -0.4 is 5.32 Å². The molecule has 1 atom stereocenters. The van der Waals surface area contributed by atoms with E-state index in [2.05, 4.69) is 20.3 Å². The van der Waals surface area contributed by atoms with E-state index in [0.29, 0.717) is 5.82 Å². The number of amides is 1. The van der Waals surface area contributed by atoms with Crippen molar-refractivity contribution in [2.24, 2.45) is 0 Å². The quantitative estimate of drug-likeness (QED) is 0.692. The molecule has 2 aromatic heterocycles. The van der Waals surface area contributed by atoms with Crippen LogP contribution in [0.15, 0.2) is 47.8 Å². The Labute approximate surface area is 168 Å². The lowest BCUT2D eigenvalue weighted by Gasteiger charge is -2.29. The first-order valence-corrected chi connectivity index (χ1v) is 10.3. The van der Waals surface area contributed by atoms with E-state index in [4.69, 9.17) is 4.74 Å². The molecule has 1 unspecified atom stereocenters. The molecule has 4 rings (SSSR count). The predicted molar refractivity (Wildman–Crippen MR) is 109 cm³/mol. The number of thiophene rings is 1. The van der Waals surface area contributed by atoms with Crippen LogP contribution in [0, 0.1) is 0 Å². The zero-order chi connectivity index (χ0) is 19.3. The Balaban J connectivity index is 1.53. The van der Waals surface area contributed by atoms with Gasteiger partial charge in [-0.25, -0.2) is 9.67 Å². The molecule has 8 heteroatoms. The van der Waals surface area contributed by atoms with Gasteiger partial charge in [0.2, 0.25) is 5.82 Å². The van der Waals surface area contributed by atoms with Crippen molar-refractivity contribution in [1.29, 1.82) is 0 Å².